The maximum Gasteiger partial charge on any atom is 0.317 e. The van der Waals surface area contributed by atoms with Crippen LogP contribution in [0.4, 0.5) is 10.5 Å². The number of anilines is 1. The van der Waals surface area contributed by atoms with E-state index in [4.69, 9.17) is 4.74 Å². The van der Waals surface area contributed by atoms with Gasteiger partial charge in [-0.2, -0.15) is 0 Å². The Balaban J connectivity index is 1.97. The third kappa shape index (κ3) is 3.64. The van der Waals surface area contributed by atoms with Crippen molar-refractivity contribution in [2.45, 2.75) is 39.3 Å². The van der Waals surface area contributed by atoms with Gasteiger partial charge in [-0.1, -0.05) is 12.1 Å². The fourth-order valence-corrected chi connectivity index (χ4v) is 2.99. The molecule has 1 heterocycles. The van der Waals surface area contributed by atoms with E-state index in [-0.39, 0.29) is 18.1 Å². The van der Waals surface area contributed by atoms with Crippen LogP contribution in [0.2, 0.25) is 0 Å². The van der Waals surface area contributed by atoms with E-state index in [1.54, 1.807) is 7.11 Å². The first-order valence-electron chi connectivity index (χ1n) is 8.01. The monoisotopic (exact) mass is 305 g/mol. The summed E-state index contributed by atoms with van der Waals surface area (Å²) in [7, 11) is 1.69. The molecule has 2 amide bonds. The van der Waals surface area contributed by atoms with Crippen LogP contribution in [0.5, 0.6) is 5.75 Å². The van der Waals surface area contributed by atoms with E-state index in [9.17, 15) is 4.79 Å². The topological polar surface area (TPSA) is 44.8 Å². The summed E-state index contributed by atoms with van der Waals surface area (Å²) in [6.45, 7) is 8.57. The molecule has 1 saturated heterocycles. The minimum absolute atomic E-state index is 0.0318. The predicted octanol–water partition coefficient (Wildman–Crippen LogP) is 2.71. The molecule has 1 unspecified atom stereocenters. The van der Waals surface area contributed by atoms with Crippen molar-refractivity contribution in [2.75, 3.05) is 31.6 Å². The molecule has 5 nitrogen and oxygen atoms in total. The lowest BCUT2D eigenvalue weighted by molar-refractivity contribution is 0.183. The van der Waals surface area contributed by atoms with Crippen LogP contribution in [0.15, 0.2) is 24.3 Å². The molecular formula is C17H27N3O2. The van der Waals surface area contributed by atoms with E-state index < -0.39 is 0 Å². The summed E-state index contributed by atoms with van der Waals surface area (Å²) in [6, 6.07) is 8.46. The first-order valence-corrected chi connectivity index (χ1v) is 8.01. The van der Waals surface area contributed by atoms with Crippen LogP contribution in [-0.4, -0.2) is 49.8 Å². The van der Waals surface area contributed by atoms with Crippen molar-refractivity contribution in [2.24, 2.45) is 0 Å². The minimum Gasteiger partial charge on any atom is -0.495 e. The largest absolute Gasteiger partial charge is 0.495 e. The maximum absolute atomic E-state index is 12.3. The molecular weight excluding hydrogens is 278 g/mol. The number of benzene rings is 1. The number of hydrogen-bond acceptors (Lipinski definition) is 3. The normalized spacial score (nSPS) is 17.7. The van der Waals surface area contributed by atoms with E-state index in [1.807, 2.05) is 43.9 Å². The predicted molar refractivity (Wildman–Crippen MR) is 89.7 cm³/mol. The molecule has 0 radical (unpaired) electrons. The molecule has 1 atom stereocenters. The molecule has 0 saturated carbocycles. The molecule has 1 N–H and O–H groups in total. The van der Waals surface area contributed by atoms with Crippen molar-refractivity contribution in [1.29, 1.82) is 0 Å². The highest BCUT2D eigenvalue weighted by Gasteiger charge is 2.27. The van der Waals surface area contributed by atoms with Crippen LogP contribution in [0.3, 0.4) is 0 Å². The summed E-state index contributed by atoms with van der Waals surface area (Å²) >= 11 is 0. The lowest BCUT2D eigenvalue weighted by atomic mass is 10.2. The molecule has 0 bridgehead atoms. The second-order valence-corrected chi connectivity index (χ2v) is 5.93. The Morgan fingerprint density at radius 2 is 2.18 bits per heavy atom. The van der Waals surface area contributed by atoms with Crippen LogP contribution in [0.1, 0.15) is 27.2 Å². The summed E-state index contributed by atoms with van der Waals surface area (Å²) in [5.41, 5.74) is 1.10. The number of para-hydroxylation sites is 2. The summed E-state index contributed by atoms with van der Waals surface area (Å²) in [4.78, 5) is 16.4. The molecule has 22 heavy (non-hydrogen) atoms. The molecule has 0 aliphatic carbocycles. The van der Waals surface area contributed by atoms with Crippen LogP contribution >= 0.6 is 0 Å². The van der Waals surface area contributed by atoms with E-state index in [0.29, 0.717) is 0 Å². The Hall–Kier alpha value is -1.91. The second kappa shape index (κ2) is 7.38. The van der Waals surface area contributed by atoms with Gasteiger partial charge in [0.15, 0.2) is 0 Å². The Bertz CT molecular complexity index is 504. The van der Waals surface area contributed by atoms with Crippen LogP contribution < -0.4 is 15.0 Å². The SMILES string of the molecule is CCN(C(=O)NC1CCN(c2ccccc2OC)C1)C(C)C. The summed E-state index contributed by atoms with van der Waals surface area (Å²) in [6.07, 6.45) is 0.958. The number of nitrogens with one attached hydrogen (secondary N) is 1. The first kappa shape index (κ1) is 16.5. The molecule has 1 aromatic rings. The van der Waals surface area contributed by atoms with Crippen molar-refractivity contribution >= 4 is 11.7 Å². The highest BCUT2D eigenvalue weighted by Crippen LogP contribution is 2.30. The maximum atomic E-state index is 12.3. The fraction of sp³-hybridized carbons (Fsp3) is 0.588. The first-order chi connectivity index (χ1) is 10.6. The molecule has 1 aliphatic heterocycles. The third-order valence-corrected chi connectivity index (χ3v) is 4.17. The number of amides is 2. The molecule has 122 valence electrons. The van der Waals surface area contributed by atoms with Gasteiger partial charge in [0.1, 0.15) is 5.75 Å². The van der Waals surface area contributed by atoms with Gasteiger partial charge in [0.05, 0.1) is 12.8 Å². The van der Waals surface area contributed by atoms with Gasteiger partial charge in [0, 0.05) is 31.7 Å². The smallest absolute Gasteiger partial charge is 0.317 e. The molecule has 0 spiro atoms. The summed E-state index contributed by atoms with van der Waals surface area (Å²) in [5.74, 6) is 0.881. The van der Waals surface area contributed by atoms with Crippen LogP contribution in [-0.2, 0) is 0 Å². The third-order valence-electron chi connectivity index (χ3n) is 4.17. The Kier molecular flexibility index (Phi) is 5.52. The van der Waals surface area contributed by atoms with Crippen molar-refractivity contribution in [3.05, 3.63) is 24.3 Å². The lowest BCUT2D eigenvalue weighted by Gasteiger charge is -2.27. The van der Waals surface area contributed by atoms with E-state index in [2.05, 4.69) is 16.3 Å². The molecule has 2 rings (SSSR count). The quantitative estimate of drug-likeness (QED) is 0.910. The number of rotatable bonds is 5. The second-order valence-electron chi connectivity index (χ2n) is 5.93. The van der Waals surface area contributed by atoms with Gasteiger partial charge in [0.25, 0.3) is 0 Å². The standard InChI is InChI=1S/C17H27N3O2/c1-5-20(13(2)3)17(21)18-14-10-11-19(12-14)15-8-6-7-9-16(15)22-4/h6-9,13-14H,5,10-12H2,1-4H3,(H,18,21). The van der Waals surface area contributed by atoms with Crippen LogP contribution in [0, 0.1) is 0 Å². The molecule has 5 heteroatoms. The van der Waals surface area contributed by atoms with E-state index in [0.717, 1.165) is 37.5 Å². The Morgan fingerprint density at radius 1 is 1.45 bits per heavy atom. The van der Waals surface area contributed by atoms with Gasteiger partial charge in [-0.05, 0) is 39.3 Å². The number of carbonyl (C=O) groups excluding carboxylic acids is 1. The van der Waals surface area contributed by atoms with Gasteiger partial charge in [-0.25, -0.2) is 4.79 Å². The number of hydrogen-bond donors (Lipinski definition) is 1. The molecule has 1 aliphatic rings. The molecule has 1 aromatic carbocycles. The average molecular weight is 305 g/mol. The van der Waals surface area contributed by atoms with Crippen molar-refractivity contribution in [1.82, 2.24) is 10.2 Å². The molecule has 1 fully saturated rings. The zero-order valence-corrected chi connectivity index (χ0v) is 14.0. The van der Waals surface area contributed by atoms with E-state index >= 15 is 0 Å². The fourth-order valence-electron chi connectivity index (χ4n) is 2.99. The van der Waals surface area contributed by atoms with Crippen molar-refractivity contribution in [3.8, 4) is 5.75 Å². The Labute approximate surface area is 133 Å². The van der Waals surface area contributed by atoms with Crippen LogP contribution in [0.25, 0.3) is 0 Å². The summed E-state index contributed by atoms with van der Waals surface area (Å²) in [5, 5.41) is 3.15. The average Bonchev–Trinajstić information content (AvgIpc) is 2.95. The van der Waals surface area contributed by atoms with Gasteiger partial charge in [0.2, 0.25) is 0 Å². The highest BCUT2D eigenvalue weighted by molar-refractivity contribution is 5.75. The van der Waals surface area contributed by atoms with Gasteiger partial charge >= 0.3 is 6.03 Å². The number of ether oxygens (including phenoxy) is 1. The zero-order valence-electron chi connectivity index (χ0n) is 14.0. The van der Waals surface area contributed by atoms with Gasteiger partial charge < -0.3 is 19.9 Å². The molecule has 0 aromatic heterocycles. The van der Waals surface area contributed by atoms with Gasteiger partial charge in [-0.3, -0.25) is 0 Å². The van der Waals surface area contributed by atoms with Gasteiger partial charge in [-0.15, -0.1) is 0 Å². The number of methoxy groups -OCH3 is 1. The lowest BCUT2D eigenvalue weighted by Crippen LogP contribution is -2.48. The zero-order chi connectivity index (χ0) is 16.1. The number of urea groups is 1. The Morgan fingerprint density at radius 3 is 2.82 bits per heavy atom. The highest BCUT2D eigenvalue weighted by atomic mass is 16.5. The van der Waals surface area contributed by atoms with Crippen molar-refractivity contribution in [3.63, 3.8) is 0 Å². The number of carbonyl (C=O) groups is 1. The summed E-state index contributed by atoms with van der Waals surface area (Å²) < 4.78 is 5.42. The minimum atomic E-state index is 0.0318. The number of nitrogens with zero attached hydrogens (tertiary/aromatic N) is 2. The van der Waals surface area contributed by atoms with E-state index in [1.165, 1.54) is 0 Å². The van der Waals surface area contributed by atoms with Crippen molar-refractivity contribution < 1.29 is 9.53 Å².